The van der Waals surface area contributed by atoms with Gasteiger partial charge in [-0.1, -0.05) is 0 Å². The molecule has 0 saturated heterocycles. The van der Waals surface area contributed by atoms with Crippen LogP contribution in [0.2, 0.25) is 0 Å². The molecule has 1 aliphatic carbocycles. The first-order valence-corrected chi connectivity index (χ1v) is 8.19. The van der Waals surface area contributed by atoms with Crippen molar-refractivity contribution >= 4 is 21.4 Å². The number of hydrogen-bond acceptors (Lipinski definition) is 4. The molecule has 1 aromatic heterocycles. The molecule has 114 valence electrons. The van der Waals surface area contributed by atoms with E-state index in [0.717, 1.165) is 11.3 Å². The second-order valence-corrected chi connectivity index (χ2v) is 7.89. The summed E-state index contributed by atoms with van der Waals surface area (Å²) in [6.07, 6.45) is -3.67. The second-order valence-electron chi connectivity index (χ2n) is 4.69. The van der Waals surface area contributed by atoms with Gasteiger partial charge in [0.25, 0.3) is 0 Å². The van der Waals surface area contributed by atoms with Crippen LogP contribution in [0.4, 0.5) is 13.2 Å². The van der Waals surface area contributed by atoms with Crippen molar-refractivity contribution in [1.29, 1.82) is 0 Å². The molecular weight excluding hydrogens is 315 g/mol. The quantitative estimate of drug-likeness (QED) is 0.901. The van der Waals surface area contributed by atoms with Crippen LogP contribution in [0.1, 0.15) is 22.6 Å². The van der Waals surface area contributed by atoms with Crippen LogP contribution in [-0.2, 0) is 16.6 Å². The van der Waals surface area contributed by atoms with E-state index in [4.69, 9.17) is 5.11 Å². The molecule has 20 heavy (non-hydrogen) atoms. The van der Waals surface area contributed by atoms with Crippen LogP contribution in [0, 0.1) is 6.92 Å². The third-order valence-corrected chi connectivity index (χ3v) is 6.14. The highest BCUT2D eigenvalue weighted by atomic mass is 32.2. The SMILES string of the molecule is Cc1sc(CO)cc1S(=O)(=O)N(CC(F)(F)F)C1CC1. The molecule has 0 atom stereocenters. The maximum Gasteiger partial charge on any atom is 0.402 e. The summed E-state index contributed by atoms with van der Waals surface area (Å²) < 4.78 is 63.0. The molecule has 9 heteroatoms. The lowest BCUT2D eigenvalue weighted by Crippen LogP contribution is -2.40. The molecule has 4 nitrogen and oxygen atoms in total. The van der Waals surface area contributed by atoms with Crippen molar-refractivity contribution in [2.24, 2.45) is 0 Å². The number of hydrogen-bond donors (Lipinski definition) is 1. The summed E-state index contributed by atoms with van der Waals surface area (Å²) in [6.45, 7) is -0.275. The van der Waals surface area contributed by atoms with Gasteiger partial charge in [0.2, 0.25) is 10.0 Å². The molecule has 2 rings (SSSR count). The zero-order chi connectivity index (χ0) is 15.1. The largest absolute Gasteiger partial charge is 0.402 e. The summed E-state index contributed by atoms with van der Waals surface area (Å²) in [5, 5.41) is 9.01. The summed E-state index contributed by atoms with van der Waals surface area (Å²) in [4.78, 5) is 0.674. The molecule has 0 aliphatic heterocycles. The summed E-state index contributed by atoms with van der Waals surface area (Å²) in [5.41, 5.74) is 0. The molecule has 0 aromatic carbocycles. The number of sulfonamides is 1. The molecule has 1 aliphatic rings. The standard InChI is InChI=1S/C11H14F3NO3S2/c1-7-10(4-9(5-16)19-7)20(17,18)15(8-2-3-8)6-11(12,13)14/h4,8,16H,2-3,5-6H2,1H3. The minimum atomic E-state index is -4.57. The van der Waals surface area contributed by atoms with Crippen LogP contribution >= 0.6 is 11.3 Å². The van der Waals surface area contributed by atoms with Crippen LogP contribution in [0.25, 0.3) is 0 Å². The van der Waals surface area contributed by atoms with E-state index in [-0.39, 0.29) is 11.5 Å². The Hall–Kier alpha value is -0.640. The van der Waals surface area contributed by atoms with Gasteiger partial charge in [0, 0.05) is 15.8 Å². The highest BCUT2D eigenvalue weighted by Crippen LogP contribution is 2.37. The number of aryl methyl sites for hydroxylation is 1. The normalized spacial score (nSPS) is 16.9. The first-order valence-electron chi connectivity index (χ1n) is 5.94. The van der Waals surface area contributed by atoms with E-state index in [1.807, 2.05) is 0 Å². The van der Waals surface area contributed by atoms with Crippen LogP contribution in [0.3, 0.4) is 0 Å². The summed E-state index contributed by atoms with van der Waals surface area (Å²) in [6, 6.07) is 0.680. The van der Waals surface area contributed by atoms with E-state index in [1.165, 1.54) is 13.0 Å². The Labute approximate surface area is 118 Å². The Morgan fingerprint density at radius 3 is 2.45 bits per heavy atom. The van der Waals surface area contributed by atoms with E-state index in [1.54, 1.807) is 0 Å². The van der Waals surface area contributed by atoms with E-state index in [2.05, 4.69) is 0 Å². The van der Waals surface area contributed by atoms with Gasteiger partial charge in [-0.15, -0.1) is 11.3 Å². The molecule has 0 radical (unpaired) electrons. The van der Waals surface area contributed by atoms with E-state index in [9.17, 15) is 21.6 Å². The number of aliphatic hydroxyl groups excluding tert-OH is 1. The molecular formula is C11H14F3NO3S2. The first-order chi connectivity index (χ1) is 9.15. The van der Waals surface area contributed by atoms with Crippen molar-refractivity contribution in [3.05, 3.63) is 15.8 Å². The predicted molar refractivity (Wildman–Crippen MR) is 67.9 cm³/mol. The Bertz CT molecular complexity index is 591. The monoisotopic (exact) mass is 329 g/mol. The van der Waals surface area contributed by atoms with Crippen molar-refractivity contribution in [3.63, 3.8) is 0 Å². The van der Waals surface area contributed by atoms with E-state index < -0.39 is 28.8 Å². The van der Waals surface area contributed by atoms with Gasteiger partial charge < -0.3 is 5.11 Å². The number of aliphatic hydroxyl groups is 1. The average molecular weight is 329 g/mol. The Morgan fingerprint density at radius 1 is 1.45 bits per heavy atom. The molecule has 1 aromatic rings. The number of halogens is 3. The minimum Gasteiger partial charge on any atom is -0.391 e. The lowest BCUT2D eigenvalue weighted by molar-refractivity contribution is -0.137. The predicted octanol–water partition coefficient (Wildman–Crippen LogP) is 2.26. The van der Waals surface area contributed by atoms with Gasteiger partial charge in [-0.3, -0.25) is 0 Å². The minimum absolute atomic E-state index is 0.136. The first kappa shape index (κ1) is 15.7. The second kappa shape index (κ2) is 5.28. The van der Waals surface area contributed by atoms with Crippen LogP contribution in [-0.4, -0.2) is 36.6 Å². The van der Waals surface area contributed by atoms with Crippen LogP contribution in [0.15, 0.2) is 11.0 Å². The topological polar surface area (TPSA) is 57.6 Å². The average Bonchev–Trinajstić information content (AvgIpc) is 3.07. The number of rotatable bonds is 5. The third-order valence-electron chi connectivity index (χ3n) is 2.95. The highest BCUT2D eigenvalue weighted by molar-refractivity contribution is 7.89. The molecule has 1 fully saturated rings. The molecule has 0 unspecified atom stereocenters. The maximum atomic E-state index is 12.6. The number of thiophene rings is 1. The summed E-state index contributed by atoms with van der Waals surface area (Å²) >= 11 is 1.07. The van der Waals surface area contributed by atoms with Crippen molar-refractivity contribution in [2.75, 3.05) is 6.54 Å². The number of alkyl halides is 3. The van der Waals surface area contributed by atoms with Crippen molar-refractivity contribution in [2.45, 2.75) is 43.5 Å². The van der Waals surface area contributed by atoms with Gasteiger partial charge in [0.05, 0.1) is 11.5 Å². The third kappa shape index (κ3) is 3.33. The van der Waals surface area contributed by atoms with Gasteiger partial charge in [0.1, 0.15) is 6.54 Å². The van der Waals surface area contributed by atoms with Gasteiger partial charge >= 0.3 is 6.18 Å². The van der Waals surface area contributed by atoms with Gasteiger partial charge in [-0.05, 0) is 25.8 Å². The molecule has 0 bridgehead atoms. The van der Waals surface area contributed by atoms with Gasteiger partial charge in [0.15, 0.2) is 0 Å². The molecule has 0 spiro atoms. The van der Waals surface area contributed by atoms with Crippen LogP contribution in [0.5, 0.6) is 0 Å². The molecule has 1 heterocycles. The van der Waals surface area contributed by atoms with Gasteiger partial charge in [-0.2, -0.15) is 17.5 Å². The molecule has 1 saturated carbocycles. The van der Waals surface area contributed by atoms with Gasteiger partial charge in [-0.25, -0.2) is 8.42 Å². The van der Waals surface area contributed by atoms with Crippen molar-refractivity contribution in [3.8, 4) is 0 Å². The fourth-order valence-corrected chi connectivity index (χ4v) is 5.07. The molecule has 1 N–H and O–H groups in total. The zero-order valence-corrected chi connectivity index (χ0v) is 12.3. The lowest BCUT2D eigenvalue weighted by atomic mass is 10.4. The number of nitrogens with zero attached hydrogens (tertiary/aromatic N) is 1. The maximum absolute atomic E-state index is 12.6. The smallest absolute Gasteiger partial charge is 0.391 e. The van der Waals surface area contributed by atoms with E-state index in [0.29, 0.717) is 26.9 Å². The van der Waals surface area contributed by atoms with Crippen molar-refractivity contribution < 1.29 is 26.7 Å². The fourth-order valence-electron chi connectivity index (χ4n) is 1.93. The Kier molecular flexibility index (Phi) is 4.16. The summed E-state index contributed by atoms with van der Waals surface area (Å²) in [7, 11) is -4.18. The Morgan fingerprint density at radius 2 is 2.05 bits per heavy atom. The van der Waals surface area contributed by atoms with Crippen LogP contribution < -0.4 is 0 Å². The highest BCUT2D eigenvalue weighted by Gasteiger charge is 2.45. The van der Waals surface area contributed by atoms with Crippen molar-refractivity contribution in [1.82, 2.24) is 4.31 Å². The summed E-state index contributed by atoms with van der Waals surface area (Å²) in [5.74, 6) is 0. The lowest BCUT2D eigenvalue weighted by Gasteiger charge is -2.23. The fraction of sp³-hybridized carbons (Fsp3) is 0.636. The zero-order valence-electron chi connectivity index (χ0n) is 10.6. The Balaban J connectivity index is 2.37. The van der Waals surface area contributed by atoms with E-state index >= 15 is 0 Å². The molecule has 0 amide bonds.